The van der Waals surface area contributed by atoms with Crippen LogP contribution in [0.4, 0.5) is 0 Å². The summed E-state index contributed by atoms with van der Waals surface area (Å²) in [5.74, 6) is -5.02. The Hall–Kier alpha value is -4.14. The summed E-state index contributed by atoms with van der Waals surface area (Å²) in [6, 6.07) is 6.17. The second kappa shape index (κ2) is 14.1. The number of aryl methyl sites for hydroxylation is 2. The van der Waals surface area contributed by atoms with Gasteiger partial charge in [-0.1, -0.05) is 6.07 Å². The van der Waals surface area contributed by atoms with Crippen LogP contribution in [-0.2, 0) is 31.2 Å². The normalized spacial score (nSPS) is 17.3. The van der Waals surface area contributed by atoms with Crippen molar-refractivity contribution < 1.29 is 39.5 Å². The highest BCUT2D eigenvalue weighted by Gasteiger charge is 2.44. The average Bonchev–Trinajstić information content (AvgIpc) is 3.52. The van der Waals surface area contributed by atoms with Crippen LogP contribution < -0.4 is 5.69 Å². The van der Waals surface area contributed by atoms with Crippen LogP contribution in [0, 0.1) is 12.3 Å². The third kappa shape index (κ3) is 8.27. The summed E-state index contributed by atoms with van der Waals surface area (Å²) in [7, 11) is 0. The highest BCUT2D eigenvalue weighted by Crippen LogP contribution is 2.41. The first-order valence-electron chi connectivity index (χ1n) is 14.3. The molecule has 1 aliphatic heterocycles. The second-order valence-electron chi connectivity index (χ2n) is 11.8. The number of likely N-dealkylation sites (tertiary alicyclic amines) is 1. The molecule has 14 nitrogen and oxygen atoms in total. The molecule has 0 saturated carbocycles. The van der Waals surface area contributed by atoms with Gasteiger partial charge in [0.15, 0.2) is 5.60 Å². The lowest BCUT2D eigenvalue weighted by molar-refractivity contribution is -0.170. The molecule has 3 aromatic heterocycles. The third-order valence-electron chi connectivity index (χ3n) is 8.19. The maximum Gasteiger partial charge on any atom is 0.336 e. The van der Waals surface area contributed by atoms with Crippen LogP contribution >= 0.6 is 0 Å². The summed E-state index contributed by atoms with van der Waals surface area (Å²) < 4.78 is 7.78. The number of pyridine rings is 2. The first-order chi connectivity index (χ1) is 20.6. The zero-order valence-corrected chi connectivity index (χ0v) is 25.4. The standard InChI is InChI=1S/C24H33N5O2.C6H8O7/c1-5-31-17-24(10-13-29-21-8-11-25-15-20(21)27-22(29)30)9-12-28(16-24)23(3,4)19-7-6-18(2)26-14-19;7-3(8)1-6(13,5(11)12)2-4(9)10/h6-8,11,14-15H,5,9-10,12-13,16-17H2,1-4H3,(H,27,30);13H,1-2H2,(H,7,8)(H,9,10)(H,11,12). The Labute approximate surface area is 254 Å². The fourth-order valence-corrected chi connectivity index (χ4v) is 5.43. The highest BCUT2D eigenvalue weighted by molar-refractivity contribution is 5.88. The predicted octanol–water partition coefficient (Wildman–Crippen LogP) is 2.23. The SMILES string of the molecule is CCOCC1(CCn2c(=O)[nH]c3cnccc32)CCN(C(C)(C)c2ccc(C)nc2)C1.O=C(O)CC(O)(CC(=O)O)C(=O)O. The molecule has 5 N–H and O–H groups in total. The number of aliphatic hydroxyl groups is 1. The number of imidazole rings is 1. The van der Waals surface area contributed by atoms with E-state index in [1.54, 1.807) is 12.4 Å². The quantitative estimate of drug-likeness (QED) is 0.188. The number of carbonyl (C=O) groups is 3. The Morgan fingerprint density at radius 1 is 1.09 bits per heavy atom. The molecule has 3 aromatic rings. The molecule has 1 unspecified atom stereocenters. The van der Waals surface area contributed by atoms with Gasteiger partial charge in [0.05, 0.1) is 36.7 Å². The van der Waals surface area contributed by atoms with Crippen molar-refractivity contribution in [3.63, 3.8) is 0 Å². The topological polar surface area (TPSA) is 208 Å². The predicted molar refractivity (Wildman–Crippen MR) is 159 cm³/mol. The first-order valence-corrected chi connectivity index (χ1v) is 14.3. The molecule has 4 rings (SSSR count). The molecule has 1 aliphatic rings. The van der Waals surface area contributed by atoms with Crippen molar-refractivity contribution >= 4 is 28.9 Å². The summed E-state index contributed by atoms with van der Waals surface area (Å²) in [4.78, 5) is 57.1. The van der Waals surface area contributed by atoms with E-state index in [0.717, 1.165) is 42.7 Å². The third-order valence-corrected chi connectivity index (χ3v) is 8.19. The number of fused-ring (bicyclic) bond motifs is 1. The van der Waals surface area contributed by atoms with Gasteiger partial charge in [0.1, 0.15) is 0 Å². The number of ether oxygens (including phenoxy) is 1. The van der Waals surface area contributed by atoms with E-state index in [4.69, 9.17) is 25.2 Å². The van der Waals surface area contributed by atoms with Crippen molar-refractivity contribution in [1.29, 1.82) is 0 Å². The number of carboxylic acids is 3. The van der Waals surface area contributed by atoms with Crippen LogP contribution in [0.15, 0.2) is 41.6 Å². The van der Waals surface area contributed by atoms with E-state index in [0.29, 0.717) is 19.8 Å². The molecule has 1 saturated heterocycles. The molecule has 0 aliphatic carbocycles. The summed E-state index contributed by atoms with van der Waals surface area (Å²) in [6.07, 6.45) is 5.09. The zero-order chi connectivity index (χ0) is 32.7. The smallest absolute Gasteiger partial charge is 0.336 e. The number of hydrogen-bond donors (Lipinski definition) is 5. The average molecular weight is 616 g/mol. The van der Waals surface area contributed by atoms with E-state index < -0.39 is 36.4 Å². The van der Waals surface area contributed by atoms with Crippen molar-refractivity contribution in [2.24, 2.45) is 5.41 Å². The molecule has 0 spiro atoms. The van der Waals surface area contributed by atoms with Crippen LogP contribution in [0.3, 0.4) is 0 Å². The number of rotatable bonds is 13. The van der Waals surface area contributed by atoms with Crippen LogP contribution in [0.2, 0.25) is 0 Å². The molecule has 0 amide bonds. The van der Waals surface area contributed by atoms with Gasteiger partial charge in [-0.2, -0.15) is 0 Å². The number of nitrogens with one attached hydrogen (secondary N) is 1. The maximum absolute atomic E-state index is 12.5. The Bertz CT molecular complexity index is 1500. The molecular weight excluding hydrogens is 574 g/mol. The van der Waals surface area contributed by atoms with Gasteiger partial charge in [0.2, 0.25) is 0 Å². The van der Waals surface area contributed by atoms with Crippen molar-refractivity contribution in [3.05, 3.63) is 58.5 Å². The first kappa shape index (κ1) is 34.4. The second-order valence-corrected chi connectivity index (χ2v) is 11.8. The van der Waals surface area contributed by atoms with Gasteiger partial charge in [-0.15, -0.1) is 0 Å². The minimum atomic E-state index is -2.74. The van der Waals surface area contributed by atoms with Crippen molar-refractivity contribution in [2.75, 3.05) is 26.3 Å². The molecule has 4 heterocycles. The largest absolute Gasteiger partial charge is 0.481 e. The lowest BCUT2D eigenvalue weighted by Gasteiger charge is -2.38. The van der Waals surface area contributed by atoms with Gasteiger partial charge in [-0.3, -0.25) is 29.0 Å². The minimum absolute atomic E-state index is 0.0153. The van der Waals surface area contributed by atoms with Gasteiger partial charge < -0.3 is 30.1 Å². The zero-order valence-electron chi connectivity index (χ0n) is 25.4. The molecule has 0 aromatic carbocycles. The summed E-state index contributed by atoms with van der Waals surface area (Å²) in [5, 5.41) is 33.8. The number of aliphatic carboxylic acids is 3. The Morgan fingerprint density at radius 2 is 1.77 bits per heavy atom. The molecule has 44 heavy (non-hydrogen) atoms. The van der Waals surface area contributed by atoms with Crippen LogP contribution in [0.5, 0.6) is 0 Å². The van der Waals surface area contributed by atoms with Gasteiger partial charge in [0, 0.05) is 48.7 Å². The van der Waals surface area contributed by atoms with Gasteiger partial charge in [-0.25, -0.2) is 9.59 Å². The molecule has 1 atom stereocenters. The van der Waals surface area contributed by atoms with E-state index in [1.165, 1.54) is 5.56 Å². The van der Waals surface area contributed by atoms with Crippen LogP contribution in [-0.4, -0.2) is 94.7 Å². The van der Waals surface area contributed by atoms with E-state index in [1.807, 2.05) is 30.7 Å². The van der Waals surface area contributed by atoms with Crippen molar-refractivity contribution in [1.82, 2.24) is 24.4 Å². The number of hydrogen-bond acceptors (Lipinski definition) is 9. The van der Waals surface area contributed by atoms with E-state index in [9.17, 15) is 19.2 Å². The lowest BCUT2D eigenvalue weighted by Crippen LogP contribution is -2.42. The van der Waals surface area contributed by atoms with Gasteiger partial charge >= 0.3 is 23.6 Å². The number of nitrogens with zero attached hydrogens (tertiary/aromatic N) is 4. The molecule has 14 heteroatoms. The van der Waals surface area contributed by atoms with Gasteiger partial charge in [-0.05, 0) is 64.8 Å². The maximum atomic E-state index is 12.5. The Morgan fingerprint density at radius 3 is 2.34 bits per heavy atom. The van der Waals surface area contributed by atoms with Crippen LogP contribution in [0.1, 0.15) is 57.7 Å². The van der Waals surface area contributed by atoms with Gasteiger partial charge in [0.25, 0.3) is 0 Å². The van der Waals surface area contributed by atoms with E-state index >= 15 is 0 Å². The summed E-state index contributed by atoms with van der Waals surface area (Å²) in [6.45, 7) is 12.6. The highest BCUT2D eigenvalue weighted by atomic mass is 16.5. The summed E-state index contributed by atoms with van der Waals surface area (Å²) in [5.41, 5.74) is 1.05. The molecule has 0 radical (unpaired) electrons. The lowest BCUT2D eigenvalue weighted by atomic mass is 9.84. The summed E-state index contributed by atoms with van der Waals surface area (Å²) >= 11 is 0. The number of aromatic nitrogens is 4. The fourth-order valence-electron chi connectivity index (χ4n) is 5.43. The fraction of sp³-hybridized carbons (Fsp3) is 0.533. The molecule has 1 fully saturated rings. The molecule has 240 valence electrons. The Kier molecular flexibility index (Phi) is 11.0. The number of H-pyrrole nitrogens is 1. The molecule has 0 bridgehead atoms. The monoisotopic (exact) mass is 615 g/mol. The van der Waals surface area contributed by atoms with Crippen molar-refractivity contribution in [3.8, 4) is 0 Å². The van der Waals surface area contributed by atoms with E-state index in [-0.39, 0.29) is 16.6 Å². The minimum Gasteiger partial charge on any atom is -0.481 e. The Balaban J connectivity index is 0.000000345. The van der Waals surface area contributed by atoms with E-state index in [2.05, 4.69) is 45.8 Å². The van der Waals surface area contributed by atoms with Crippen LogP contribution in [0.25, 0.3) is 11.0 Å². The number of aromatic amines is 1. The number of carboxylic acid groups (broad SMARTS) is 3. The molecular formula is C30H41N5O9. The van der Waals surface area contributed by atoms with Crippen molar-refractivity contribution in [2.45, 2.75) is 71.1 Å².